The van der Waals surface area contributed by atoms with Crippen molar-refractivity contribution >= 4 is 10.0 Å². The second-order valence-electron chi connectivity index (χ2n) is 5.42. The molecule has 2 heterocycles. The fourth-order valence-electron chi connectivity index (χ4n) is 2.70. The van der Waals surface area contributed by atoms with Crippen molar-refractivity contribution in [3.8, 4) is 11.5 Å². The summed E-state index contributed by atoms with van der Waals surface area (Å²) in [5, 5.41) is 0. The van der Waals surface area contributed by atoms with Gasteiger partial charge in [0, 0.05) is 19.2 Å². The molecule has 2 aliphatic heterocycles. The number of sulfonamides is 1. The first kappa shape index (κ1) is 13.7. The van der Waals surface area contributed by atoms with Crippen LogP contribution in [-0.2, 0) is 10.0 Å². The highest BCUT2D eigenvalue weighted by molar-refractivity contribution is 7.89. The molecule has 0 amide bonds. The van der Waals surface area contributed by atoms with Gasteiger partial charge < -0.3 is 9.47 Å². The zero-order chi connectivity index (χ0) is 14.2. The summed E-state index contributed by atoms with van der Waals surface area (Å²) in [5.41, 5.74) is 0. The molecule has 0 aromatic heterocycles. The molecule has 3 rings (SSSR count). The van der Waals surface area contributed by atoms with Gasteiger partial charge in [0.25, 0.3) is 0 Å². The van der Waals surface area contributed by atoms with Crippen LogP contribution in [0.5, 0.6) is 11.5 Å². The monoisotopic (exact) mass is 297 g/mol. The number of benzene rings is 1. The number of fused-ring (bicyclic) bond motifs is 1. The molecule has 0 N–H and O–H groups in total. The highest BCUT2D eigenvalue weighted by Gasteiger charge is 2.29. The number of piperidine rings is 1. The minimum Gasteiger partial charge on any atom is -0.486 e. The van der Waals surface area contributed by atoms with E-state index in [4.69, 9.17) is 9.47 Å². The smallest absolute Gasteiger partial charge is 0.243 e. The Morgan fingerprint density at radius 2 is 1.95 bits per heavy atom. The van der Waals surface area contributed by atoms with Crippen molar-refractivity contribution in [2.45, 2.75) is 24.7 Å². The van der Waals surface area contributed by atoms with E-state index in [0.717, 1.165) is 12.8 Å². The molecule has 0 saturated carbocycles. The van der Waals surface area contributed by atoms with E-state index in [1.807, 2.05) is 0 Å². The summed E-state index contributed by atoms with van der Waals surface area (Å²) in [7, 11) is -3.43. The molecule has 1 aromatic rings. The quantitative estimate of drug-likeness (QED) is 0.836. The highest BCUT2D eigenvalue weighted by atomic mass is 32.2. The highest BCUT2D eigenvalue weighted by Crippen LogP contribution is 2.33. The average molecular weight is 297 g/mol. The summed E-state index contributed by atoms with van der Waals surface area (Å²) in [6.45, 7) is 4.24. The van der Waals surface area contributed by atoms with Crippen LogP contribution in [0.4, 0.5) is 0 Å². The van der Waals surface area contributed by atoms with Crippen LogP contribution in [0.1, 0.15) is 19.8 Å². The minimum absolute atomic E-state index is 0.288. The Balaban J connectivity index is 1.90. The number of hydrogen-bond donors (Lipinski definition) is 0. The molecule has 110 valence electrons. The van der Waals surface area contributed by atoms with Gasteiger partial charge >= 0.3 is 0 Å². The SMILES string of the molecule is C[C@@H]1CCCN(S(=O)(=O)c2ccc3c(c2)OCCO3)C1. The van der Waals surface area contributed by atoms with Crippen LogP contribution in [0.3, 0.4) is 0 Å². The molecule has 0 unspecified atom stereocenters. The van der Waals surface area contributed by atoms with E-state index in [-0.39, 0.29) is 4.90 Å². The van der Waals surface area contributed by atoms with Gasteiger partial charge in [0.2, 0.25) is 10.0 Å². The van der Waals surface area contributed by atoms with Gasteiger partial charge in [-0.2, -0.15) is 4.31 Å². The predicted octanol–water partition coefficient (Wildman–Crippen LogP) is 1.88. The first-order chi connectivity index (χ1) is 9.57. The summed E-state index contributed by atoms with van der Waals surface area (Å²) >= 11 is 0. The lowest BCUT2D eigenvalue weighted by atomic mass is 10.0. The van der Waals surface area contributed by atoms with Gasteiger partial charge in [-0.15, -0.1) is 0 Å². The molecular weight excluding hydrogens is 278 g/mol. The Morgan fingerprint density at radius 3 is 2.70 bits per heavy atom. The summed E-state index contributed by atoms with van der Waals surface area (Å²) < 4.78 is 37.8. The molecule has 0 bridgehead atoms. The standard InChI is InChI=1S/C14H19NO4S/c1-11-3-2-6-15(10-11)20(16,17)12-4-5-13-14(9-12)19-8-7-18-13/h4-5,9,11H,2-3,6-8,10H2,1H3/t11-/m1/s1. The molecule has 1 fully saturated rings. The molecule has 6 heteroatoms. The van der Waals surface area contributed by atoms with Crippen molar-refractivity contribution < 1.29 is 17.9 Å². The summed E-state index contributed by atoms with van der Waals surface area (Å²) in [6, 6.07) is 4.85. The Kier molecular flexibility index (Phi) is 3.60. The number of nitrogens with zero attached hydrogens (tertiary/aromatic N) is 1. The van der Waals surface area contributed by atoms with Crippen LogP contribution in [-0.4, -0.2) is 39.0 Å². The molecule has 1 atom stereocenters. The number of hydrogen-bond acceptors (Lipinski definition) is 4. The van der Waals surface area contributed by atoms with Gasteiger partial charge in [-0.1, -0.05) is 6.92 Å². The van der Waals surface area contributed by atoms with E-state index in [9.17, 15) is 8.42 Å². The van der Waals surface area contributed by atoms with Crippen LogP contribution < -0.4 is 9.47 Å². The maximum Gasteiger partial charge on any atom is 0.243 e. The minimum atomic E-state index is -3.43. The van der Waals surface area contributed by atoms with Gasteiger partial charge in [0.05, 0.1) is 4.90 Å². The Morgan fingerprint density at radius 1 is 1.20 bits per heavy atom. The third-order valence-corrected chi connectivity index (χ3v) is 5.63. The van der Waals surface area contributed by atoms with Crippen molar-refractivity contribution in [1.82, 2.24) is 4.31 Å². The fourth-order valence-corrected chi connectivity index (χ4v) is 4.31. The van der Waals surface area contributed by atoms with Crippen molar-refractivity contribution in [1.29, 1.82) is 0 Å². The normalized spacial score (nSPS) is 23.6. The molecule has 0 radical (unpaired) electrons. The van der Waals surface area contributed by atoms with Crippen molar-refractivity contribution in [3.63, 3.8) is 0 Å². The van der Waals surface area contributed by atoms with Crippen molar-refractivity contribution in [2.75, 3.05) is 26.3 Å². The zero-order valence-electron chi connectivity index (χ0n) is 11.5. The zero-order valence-corrected chi connectivity index (χ0v) is 12.4. The maximum atomic E-state index is 12.6. The van der Waals surface area contributed by atoms with Crippen LogP contribution in [0.2, 0.25) is 0 Å². The van der Waals surface area contributed by atoms with Crippen LogP contribution in [0, 0.1) is 5.92 Å². The van der Waals surface area contributed by atoms with Crippen LogP contribution >= 0.6 is 0 Å². The van der Waals surface area contributed by atoms with Gasteiger partial charge in [0.15, 0.2) is 11.5 Å². The number of ether oxygens (including phenoxy) is 2. The molecule has 5 nitrogen and oxygen atoms in total. The van der Waals surface area contributed by atoms with E-state index >= 15 is 0 Å². The summed E-state index contributed by atoms with van der Waals surface area (Å²) in [4.78, 5) is 0.288. The molecular formula is C14H19NO4S. The van der Waals surface area contributed by atoms with Gasteiger partial charge in [-0.3, -0.25) is 0 Å². The first-order valence-electron chi connectivity index (χ1n) is 6.97. The van der Waals surface area contributed by atoms with Crippen LogP contribution in [0.15, 0.2) is 23.1 Å². The second-order valence-corrected chi connectivity index (χ2v) is 7.35. The van der Waals surface area contributed by atoms with E-state index < -0.39 is 10.0 Å². The van der Waals surface area contributed by atoms with Crippen LogP contribution in [0.25, 0.3) is 0 Å². The molecule has 1 saturated heterocycles. The van der Waals surface area contributed by atoms with Gasteiger partial charge in [-0.05, 0) is 30.9 Å². The summed E-state index contributed by atoms with van der Waals surface area (Å²) in [6.07, 6.45) is 2.01. The second kappa shape index (κ2) is 5.26. The summed E-state index contributed by atoms with van der Waals surface area (Å²) in [5.74, 6) is 1.54. The van der Waals surface area contributed by atoms with Gasteiger partial charge in [-0.25, -0.2) is 8.42 Å². The lowest BCUT2D eigenvalue weighted by molar-refractivity contribution is 0.171. The third kappa shape index (κ3) is 2.50. The van der Waals surface area contributed by atoms with Crippen molar-refractivity contribution in [3.05, 3.63) is 18.2 Å². The Bertz CT molecular complexity index is 599. The van der Waals surface area contributed by atoms with E-state index in [0.29, 0.717) is 43.7 Å². The average Bonchev–Trinajstić information content (AvgIpc) is 2.46. The Labute approximate surface area is 119 Å². The van der Waals surface area contributed by atoms with E-state index in [2.05, 4.69) is 6.92 Å². The number of rotatable bonds is 2. The van der Waals surface area contributed by atoms with Gasteiger partial charge in [0.1, 0.15) is 13.2 Å². The first-order valence-corrected chi connectivity index (χ1v) is 8.41. The third-order valence-electron chi connectivity index (χ3n) is 3.77. The fraction of sp³-hybridized carbons (Fsp3) is 0.571. The molecule has 0 aliphatic carbocycles. The Hall–Kier alpha value is -1.27. The maximum absolute atomic E-state index is 12.6. The van der Waals surface area contributed by atoms with Crippen molar-refractivity contribution in [2.24, 2.45) is 5.92 Å². The van der Waals surface area contributed by atoms with E-state index in [1.54, 1.807) is 22.5 Å². The van der Waals surface area contributed by atoms with E-state index in [1.165, 1.54) is 0 Å². The largest absolute Gasteiger partial charge is 0.486 e. The molecule has 1 aromatic carbocycles. The molecule has 2 aliphatic rings. The lowest BCUT2D eigenvalue weighted by Gasteiger charge is -2.30. The lowest BCUT2D eigenvalue weighted by Crippen LogP contribution is -2.39. The topological polar surface area (TPSA) is 55.8 Å². The predicted molar refractivity (Wildman–Crippen MR) is 74.6 cm³/mol. The molecule has 0 spiro atoms. The molecule has 20 heavy (non-hydrogen) atoms.